The van der Waals surface area contributed by atoms with Crippen molar-refractivity contribution in [3.05, 3.63) is 40.5 Å². The normalized spacial score (nSPS) is 25.5. The zero-order chi connectivity index (χ0) is 13.0. The van der Waals surface area contributed by atoms with Crippen LogP contribution < -0.4 is 0 Å². The van der Waals surface area contributed by atoms with E-state index in [2.05, 4.69) is 0 Å². The first kappa shape index (κ1) is 11.8. The Hall–Kier alpha value is -1.23. The second-order valence-corrected chi connectivity index (χ2v) is 4.78. The number of fused-ring (bicyclic) bond motifs is 5. The molecule has 3 rings (SSSR count). The van der Waals surface area contributed by atoms with Gasteiger partial charge in [0, 0.05) is 17.5 Å². The van der Waals surface area contributed by atoms with Gasteiger partial charge in [0.1, 0.15) is 6.42 Å². The second kappa shape index (κ2) is 3.88. The zero-order valence-corrected chi connectivity index (χ0v) is 9.70. The fraction of sp³-hybridized carbons (Fsp3) is 0.462. The molecular formula is C13H11F4O+. The lowest BCUT2D eigenvalue weighted by Gasteiger charge is -2.16. The average Bonchev–Trinajstić information content (AvgIpc) is 2.68. The number of rotatable bonds is 1. The van der Waals surface area contributed by atoms with Crippen LogP contribution in [0.2, 0.25) is 0 Å². The van der Waals surface area contributed by atoms with Gasteiger partial charge in [-0.2, -0.15) is 4.74 Å². The Labute approximate surface area is 102 Å². The molecule has 1 aromatic carbocycles. The Balaban J connectivity index is 2.24. The van der Waals surface area contributed by atoms with Gasteiger partial charge in [-0.05, 0) is 12.3 Å². The molecule has 0 saturated heterocycles. The molecule has 2 bridgehead atoms. The molecular weight excluding hydrogens is 248 g/mol. The molecule has 2 aliphatic carbocycles. The molecule has 0 heterocycles. The van der Waals surface area contributed by atoms with E-state index in [1.54, 1.807) is 0 Å². The fourth-order valence-corrected chi connectivity index (χ4v) is 3.22. The van der Waals surface area contributed by atoms with E-state index >= 15 is 0 Å². The molecule has 0 N–H and O–H groups in total. The molecule has 0 aliphatic heterocycles. The topological polar surface area (TPSA) is 9.23 Å². The van der Waals surface area contributed by atoms with E-state index in [0.29, 0.717) is 25.4 Å². The van der Waals surface area contributed by atoms with Gasteiger partial charge in [-0.15, -0.1) is 0 Å². The predicted octanol–water partition coefficient (Wildman–Crippen LogP) is 3.79. The SMILES string of the molecule is CO[C+]1CCC2CC1c1c(F)c(F)c(F)c(F)c12. The van der Waals surface area contributed by atoms with Crippen molar-refractivity contribution in [1.29, 1.82) is 0 Å². The molecule has 0 aromatic heterocycles. The molecule has 2 atom stereocenters. The highest BCUT2D eigenvalue weighted by atomic mass is 19.2. The monoisotopic (exact) mass is 259 g/mol. The zero-order valence-electron chi connectivity index (χ0n) is 9.70. The van der Waals surface area contributed by atoms with Gasteiger partial charge < -0.3 is 0 Å². The van der Waals surface area contributed by atoms with E-state index in [1.165, 1.54) is 7.11 Å². The van der Waals surface area contributed by atoms with Crippen molar-refractivity contribution in [3.63, 3.8) is 0 Å². The standard InChI is InChI=1S/C13H11F4O/c1-18-7-3-2-5-4-6(7)9-8(5)10(14)12(16)13(17)11(9)15/h5-6H,2-4H2,1H3/q+1. The Morgan fingerprint density at radius 1 is 1.00 bits per heavy atom. The van der Waals surface area contributed by atoms with E-state index in [9.17, 15) is 17.6 Å². The number of benzene rings is 1. The Morgan fingerprint density at radius 2 is 1.61 bits per heavy atom. The maximum Gasteiger partial charge on any atom is 0.248 e. The van der Waals surface area contributed by atoms with Gasteiger partial charge in [0.25, 0.3) is 0 Å². The van der Waals surface area contributed by atoms with Crippen LogP contribution in [0, 0.1) is 29.4 Å². The molecule has 1 nitrogen and oxygen atoms in total. The molecule has 0 amide bonds. The van der Waals surface area contributed by atoms with Crippen LogP contribution in [-0.2, 0) is 4.74 Å². The molecule has 5 heteroatoms. The summed E-state index contributed by atoms with van der Waals surface area (Å²) in [5, 5.41) is 0. The fourth-order valence-electron chi connectivity index (χ4n) is 3.22. The van der Waals surface area contributed by atoms with E-state index in [1.807, 2.05) is 0 Å². The lowest BCUT2D eigenvalue weighted by Crippen LogP contribution is -2.16. The first-order chi connectivity index (χ1) is 8.56. The number of ether oxygens (including phenoxy) is 1. The molecule has 1 saturated carbocycles. The molecule has 0 radical (unpaired) electrons. The molecule has 96 valence electrons. The molecule has 2 unspecified atom stereocenters. The van der Waals surface area contributed by atoms with Gasteiger partial charge >= 0.3 is 0 Å². The smallest absolute Gasteiger partial charge is 0.203 e. The number of hydrogen-bond donors (Lipinski definition) is 0. The summed E-state index contributed by atoms with van der Waals surface area (Å²) in [6.45, 7) is 0. The number of halogens is 4. The van der Waals surface area contributed by atoms with Gasteiger partial charge in [-0.3, -0.25) is 0 Å². The molecule has 1 aromatic rings. The first-order valence-corrected chi connectivity index (χ1v) is 5.81. The van der Waals surface area contributed by atoms with Crippen LogP contribution in [-0.4, -0.2) is 7.11 Å². The maximum absolute atomic E-state index is 13.8. The van der Waals surface area contributed by atoms with E-state index in [0.717, 1.165) is 0 Å². The van der Waals surface area contributed by atoms with Crippen molar-refractivity contribution in [1.82, 2.24) is 0 Å². The van der Waals surface area contributed by atoms with E-state index < -0.39 is 29.2 Å². The average molecular weight is 259 g/mol. The van der Waals surface area contributed by atoms with Gasteiger partial charge in [0.05, 0.1) is 7.11 Å². The summed E-state index contributed by atoms with van der Waals surface area (Å²) in [7, 11) is 1.46. The van der Waals surface area contributed by atoms with Crippen LogP contribution in [0.4, 0.5) is 17.6 Å². The Kier molecular flexibility index (Phi) is 2.55. The summed E-state index contributed by atoms with van der Waals surface area (Å²) in [6, 6.07) is 0. The van der Waals surface area contributed by atoms with Crippen molar-refractivity contribution in [2.45, 2.75) is 31.1 Å². The largest absolute Gasteiger partial charge is 0.248 e. The summed E-state index contributed by atoms with van der Waals surface area (Å²) in [6.07, 6.45) is 2.24. The van der Waals surface area contributed by atoms with Crippen LogP contribution in [0.3, 0.4) is 0 Å². The lowest BCUT2D eigenvalue weighted by molar-refractivity contribution is 0.149. The number of hydrogen-bond acceptors (Lipinski definition) is 1. The Morgan fingerprint density at radius 3 is 2.22 bits per heavy atom. The van der Waals surface area contributed by atoms with Crippen LogP contribution in [0.25, 0.3) is 0 Å². The summed E-state index contributed by atoms with van der Waals surface area (Å²) >= 11 is 0. The maximum atomic E-state index is 13.8. The summed E-state index contributed by atoms with van der Waals surface area (Å²) in [5.41, 5.74) is -0.0470. The van der Waals surface area contributed by atoms with E-state index in [-0.39, 0.29) is 17.0 Å². The molecule has 0 spiro atoms. The first-order valence-electron chi connectivity index (χ1n) is 5.81. The van der Waals surface area contributed by atoms with Crippen molar-refractivity contribution in [2.24, 2.45) is 0 Å². The highest BCUT2D eigenvalue weighted by Gasteiger charge is 2.53. The Bertz CT molecular complexity index is 514. The highest BCUT2D eigenvalue weighted by Crippen LogP contribution is 2.56. The highest BCUT2D eigenvalue weighted by molar-refractivity contribution is 5.45. The molecule has 2 aliphatic rings. The lowest BCUT2D eigenvalue weighted by atomic mass is 9.84. The van der Waals surface area contributed by atoms with Gasteiger partial charge in [-0.1, -0.05) is 0 Å². The van der Waals surface area contributed by atoms with Crippen LogP contribution in [0.5, 0.6) is 0 Å². The predicted molar refractivity (Wildman–Crippen MR) is 55.9 cm³/mol. The third-order valence-corrected chi connectivity index (χ3v) is 4.01. The van der Waals surface area contributed by atoms with Crippen LogP contribution in [0.1, 0.15) is 42.2 Å². The van der Waals surface area contributed by atoms with Gasteiger partial charge in [-0.25, -0.2) is 17.6 Å². The third-order valence-electron chi connectivity index (χ3n) is 4.01. The van der Waals surface area contributed by atoms with Crippen LogP contribution in [0.15, 0.2) is 0 Å². The summed E-state index contributed by atoms with van der Waals surface area (Å²) in [5.74, 6) is -6.64. The van der Waals surface area contributed by atoms with Gasteiger partial charge in [0.15, 0.2) is 29.2 Å². The summed E-state index contributed by atoms with van der Waals surface area (Å²) < 4.78 is 59.3. The minimum atomic E-state index is -1.73. The van der Waals surface area contributed by atoms with Crippen molar-refractivity contribution in [3.8, 4) is 0 Å². The molecule has 1 fully saturated rings. The van der Waals surface area contributed by atoms with Crippen molar-refractivity contribution in [2.75, 3.05) is 7.11 Å². The number of methoxy groups -OCH3 is 1. The van der Waals surface area contributed by atoms with Gasteiger partial charge in [0.2, 0.25) is 6.10 Å². The minimum absolute atomic E-state index is 0.00319. The van der Waals surface area contributed by atoms with E-state index in [4.69, 9.17) is 4.74 Å². The second-order valence-electron chi connectivity index (χ2n) is 4.78. The quantitative estimate of drug-likeness (QED) is 0.323. The third kappa shape index (κ3) is 1.34. The van der Waals surface area contributed by atoms with Crippen molar-refractivity contribution < 1.29 is 22.3 Å². The summed E-state index contributed by atoms with van der Waals surface area (Å²) in [4.78, 5) is 0. The molecule has 18 heavy (non-hydrogen) atoms. The minimum Gasteiger partial charge on any atom is -0.203 e. The van der Waals surface area contributed by atoms with Crippen LogP contribution >= 0.6 is 0 Å². The van der Waals surface area contributed by atoms with Crippen molar-refractivity contribution >= 4 is 0 Å².